The van der Waals surface area contributed by atoms with E-state index in [0.717, 1.165) is 5.56 Å². The third kappa shape index (κ3) is 3.04. The van der Waals surface area contributed by atoms with Gasteiger partial charge < -0.3 is 15.8 Å². The molecular weight excluding hydrogens is 240 g/mol. The molecule has 98 valence electrons. The fraction of sp³-hybridized carbons (Fsp3) is 0.133. The first-order valence-electron chi connectivity index (χ1n) is 5.91. The lowest BCUT2D eigenvalue weighted by Crippen LogP contribution is -2.13. The summed E-state index contributed by atoms with van der Waals surface area (Å²) >= 11 is 0. The van der Waals surface area contributed by atoms with Gasteiger partial charge in [0.25, 0.3) is 5.91 Å². The lowest BCUT2D eigenvalue weighted by atomic mass is 10.1. The number of amides is 1. The van der Waals surface area contributed by atoms with Gasteiger partial charge in [0.2, 0.25) is 0 Å². The number of ether oxygens (including phenoxy) is 1. The summed E-state index contributed by atoms with van der Waals surface area (Å²) in [5.41, 5.74) is 8.51. The second-order valence-electron chi connectivity index (χ2n) is 4.28. The lowest BCUT2D eigenvalue weighted by Gasteiger charge is -2.10. The van der Waals surface area contributed by atoms with Crippen LogP contribution < -0.4 is 15.8 Å². The van der Waals surface area contributed by atoms with Gasteiger partial charge in [-0.15, -0.1) is 0 Å². The molecule has 0 aliphatic rings. The highest BCUT2D eigenvalue weighted by atomic mass is 16.5. The Kier molecular flexibility index (Phi) is 3.71. The largest absolute Gasteiger partial charge is 0.497 e. The Balaban J connectivity index is 2.23. The van der Waals surface area contributed by atoms with Crippen molar-refractivity contribution in [3.63, 3.8) is 0 Å². The van der Waals surface area contributed by atoms with Gasteiger partial charge in [0.05, 0.1) is 18.5 Å². The predicted octanol–water partition coefficient (Wildman–Crippen LogP) is 2.84. The molecule has 3 N–H and O–H groups in total. The Morgan fingerprint density at radius 3 is 2.68 bits per heavy atom. The van der Waals surface area contributed by atoms with Crippen molar-refractivity contribution in [1.82, 2.24) is 0 Å². The van der Waals surface area contributed by atoms with Gasteiger partial charge in [-0.1, -0.05) is 17.7 Å². The van der Waals surface area contributed by atoms with Crippen molar-refractivity contribution in [3.05, 3.63) is 53.6 Å². The summed E-state index contributed by atoms with van der Waals surface area (Å²) in [7, 11) is 1.57. The van der Waals surface area contributed by atoms with Crippen LogP contribution in [0.2, 0.25) is 0 Å². The number of aryl methyl sites for hydroxylation is 1. The molecule has 19 heavy (non-hydrogen) atoms. The van der Waals surface area contributed by atoms with Crippen LogP contribution in [0.3, 0.4) is 0 Å². The van der Waals surface area contributed by atoms with E-state index in [0.29, 0.717) is 22.7 Å². The molecule has 0 unspecified atom stereocenters. The van der Waals surface area contributed by atoms with E-state index in [9.17, 15) is 4.79 Å². The number of hydrogen-bond acceptors (Lipinski definition) is 3. The minimum atomic E-state index is -0.191. The number of benzene rings is 2. The van der Waals surface area contributed by atoms with Gasteiger partial charge >= 0.3 is 0 Å². The summed E-state index contributed by atoms with van der Waals surface area (Å²) in [5, 5.41) is 2.78. The fourth-order valence-corrected chi connectivity index (χ4v) is 1.75. The molecule has 0 heterocycles. The smallest absolute Gasteiger partial charge is 0.255 e. The van der Waals surface area contributed by atoms with Crippen LogP contribution in [0.15, 0.2) is 42.5 Å². The van der Waals surface area contributed by atoms with Crippen molar-refractivity contribution in [2.45, 2.75) is 6.92 Å². The molecule has 4 nitrogen and oxygen atoms in total. The van der Waals surface area contributed by atoms with Gasteiger partial charge in [0.15, 0.2) is 0 Å². The Bertz CT molecular complexity index is 609. The first kappa shape index (κ1) is 13.0. The highest BCUT2D eigenvalue weighted by Crippen LogP contribution is 2.24. The molecule has 4 heteroatoms. The Hall–Kier alpha value is -2.49. The maximum atomic E-state index is 12.1. The Morgan fingerprint density at radius 1 is 1.21 bits per heavy atom. The summed E-state index contributed by atoms with van der Waals surface area (Å²) in [6.07, 6.45) is 0. The lowest BCUT2D eigenvalue weighted by molar-refractivity contribution is 0.102. The van der Waals surface area contributed by atoms with Crippen molar-refractivity contribution < 1.29 is 9.53 Å². The highest BCUT2D eigenvalue weighted by Gasteiger charge is 2.09. The molecule has 2 aromatic rings. The number of hydrogen-bond donors (Lipinski definition) is 2. The zero-order chi connectivity index (χ0) is 13.8. The summed E-state index contributed by atoms with van der Waals surface area (Å²) in [4.78, 5) is 12.1. The second-order valence-corrected chi connectivity index (χ2v) is 4.28. The molecule has 0 saturated carbocycles. The zero-order valence-electron chi connectivity index (χ0n) is 10.9. The van der Waals surface area contributed by atoms with Crippen LogP contribution in [0.5, 0.6) is 5.75 Å². The Morgan fingerprint density at radius 2 is 2.00 bits per heavy atom. The van der Waals surface area contributed by atoms with Gasteiger partial charge in [-0.3, -0.25) is 4.79 Å². The maximum absolute atomic E-state index is 12.1. The zero-order valence-corrected chi connectivity index (χ0v) is 10.9. The van der Waals surface area contributed by atoms with E-state index < -0.39 is 0 Å². The molecule has 0 aromatic heterocycles. The predicted molar refractivity (Wildman–Crippen MR) is 76.5 cm³/mol. The summed E-state index contributed by atoms with van der Waals surface area (Å²) in [6.45, 7) is 1.94. The van der Waals surface area contributed by atoms with Crippen LogP contribution in [-0.4, -0.2) is 13.0 Å². The average Bonchev–Trinajstić information content (AvgIpc) is 2.41. The van der Waals surface area contributed by atoms with Crippen LogP contribution in [0, 0.1) is 6.92 Å². The van der Waals surface area contributed by atoms with Crippen LogP contribution in [0.25, 0.3) is 0 Å². The summed E-state index contributed by atoms with van der Waals surface area (Å²) in [6, 6.07) is 12.5. The molecule has 0 saturated heterocycles. The average molecular weight is 256 g/mol. The van der Waals surface area contributed by atoms with Gasteiger partial charge in [-0.05, 0) is 31.2 Å². The molecule has 0 fully saturated rings. The Labute approximate surface area is 112 Å². The first-order chi connectivity index (χ1) is 9.10. The number of rotatable bonds is 3. The monoisotopic (exact) mass is 256 g/mol. The van der Waals surface area contributed by atoms with Crippen LogP contribution in [0.1, 0.15) is 15.9 Å². The van der Waals surface area contributed by atoms with Crippen LogP contribution >= 0.6 is 0 Å². The van der Waals surface area contributed by atoms with Crippen molar-refractivity contribution in [3.8, 4) is 5.75 Å². The number of anilines is 2. The molecule has 0 atom stereocenters. The maximum Gasteiger partial charge on any atom is 0.255 e. The van der Waals surface area contributed by atoms with Crippen molar-refractivity contribution in [1.29, 1.82) is 0 Å². The molecule has 2 rings (SSSR count). The number of nitrogens with one attached hydrogen (secondary N) is 1. The number of nitrogens with two attached hydrogens (primary N) is 1. The molecule has 0 radical (unpaired) electrons. The topological polar surface area (TPSA) is 64.3 Å². The summed E-state index contributed by atoms with van der Waals surface area (Å²) in [5.74, 6) is 0.456. The van der Waals surface area contributed by atoms with E-state index in [-0.39, 0.29) is 5.91 Å². The van der Waals surface area contributed by atoms with Gasteiger partial charge in [-0.25, -0.2) is 0 Å². The normalized spacial score (nSPS) is 10.0. The standard InChI is InChI=1S/C15H16N2O2/c1-10-4-3-5-11(8-10)15(18)17-14-9-12(19-2)6-7-13(14)16/h3-9H,16H2,1-2H3,(H,17,18). The van der Waals surface area contributed by atoms with E-state index in [4.69, 9.17) is 10.5 Å². The van der Waals surface area contributed by atoms with Gasteiger partial charge in [0, 0.05) is 11.6 Å². The number of nitrogen functional groups attached to an aromatic ring is 1. The number of carbonyl (C=O) groups is 1. The van der Waals surface area contributed by atoms with Gasteiger partial charge in [-0.2, -0.15) is 0 Å². The van der Waals surface area contributed by atoms with Crippen molar-refractivity contribution in [2.75, 3.05) is 18.2 Å². The molecule has 2 aromatic carbocycles. The van der Waals surface area contributed by atoms with E-state index in [1.165, 1.54) is 0 Å². The van der Waals surface area contributed by atoms with Crippen LogP contribution in [-0.2, 0) is 0 Å². The van der Waals surface area contributed by atoms with Crippen molar-refractivity contribution >= 4 is 17.3 Å². The number of methoxy groups -OCH3 is 1. The van der Waals surface area contributed by atoms with E-state index in [1.54, 1.807) is 31.4 Å². The summed E-state index contributed by atoms with van der Waals surface area (Å²) < 4.78 is 5.11. The molecule has 0 aliphatic heterocycles. The number of carbonyl (C=O) groups excluding carboxylic acids is 1. The fourth-order valence-electron chi connectivity index (χ4n) is 1.75. The SMILES string of the molecule is COc1ccc(N)c(NC(=O)c2cccc(C)c2)c1. The first-order valence-corrected chi connectivity index (χ1v) is 5.91. The van der Waals surface area contributed by atoms with Crippen molar-refractivity contribution in [2.24, 2.45) is 0 Å². The minimum absolute atomic E-state index is 0.191. The molecule has 0 bridgehead atoms. The third-order valence-corrected chi connectivity index (χ3v) is 2.79. The van der Waals surface area contributed by atoms with Crippen LogP contribution in [0.4, 0.5) is 11.4 Å². The molecule has 1 amide bonds. The minimum Gasteiger partial charge on any atom is -0.497 e. The van der Waals surface area contributed by atoms with E-state index >= 15 is 0 Å². The molecular formula is C15H16N2O2. The third-order valence-electron chi connectivity index (χ3n) is 2.79. The van der Waals surface area contributed by atoms with E-state index in [2.05, 4.69) is 5.32 Å². The highest BCUT2D eigenvalue weighted by molar-refractivity contribution is 6.05. The van der Waals surface area contributed by atoms with Gasteiger partial charge in [0.1, 0.15) is 5.75 Å². The van der Waals surface area contributed by atoms with E-state index in [1.807, 2.05) is 25.1 Å². The second kappa shape index (κ2) is 5.44. The molecule has 0 spiro atoms. The molecule has 0 aliphatic carbocycles. The quantitative estimate of drug-likeness (QED) is 0.830.